The van der Waals surface area contributed by atoms with Crippen LogP contribution in [0.5, 0.6) is 11.5 Å². The molecule has 0 bridgehead atoms. The van der Waals surface area contributed by atoms with Crippen molar-refractivity contribution in [1.82, 2.24) is 5.32 Å². The summed E-state index contributed by atoms with van der Waals surface area (Å²) in [6, 6.07) is 4.07. The van der Waals surface area contributed by atoms with Gasteiger partial charge in [0.25, 0.3) is 0 Å². The molecule has 1 N–H and O–H groups in total. The molecule has 3 nitrogen and oxygen atoms in total. The summed E-state index contributed by atoms with van der Waals surface area (Å²) in [7, 11) is 1.93. The Kier molecular flexibility index (Phi) is 3.56. The molecule has 1 unspecified atom stereocenters. The molecule has 0 aliphatic carbocycles. The average molecular weight is 242 g/mol. The fourth-order valence-corrected chi connectivity index (χ4v) is 2.21. The van der Waals surface area contributed by atoms with Crippen LogP contribution < -0.4 is 14.8 Å². The summed E-state index contributed by atoms with van der Waals surface area (Å²) in [5.41, 5.74) is 1.07. The molecule has 1 aromatic carbocycles. The summed E-state index contributed by atoms with van der Waals surface area (Å²) in [5, 5.41) is 3.96. The first-order chi connectivity index (χ1) is 7.76. The third-order valence-corrected chi connectivity index (χ3v) is 3.12. The molecular formula is C12H16ClNO2. The van der Waals surface area contributed by atoms with Gasteiger partial charge in [0.05, 0.1) is 0 Å². The second kappa shape index (κ2) is 4.93. The molecule has 0 fully saturated rings. The lowest BCUT2D eigenvalue weighted by Gasteiger charge is -2.22. The number of fused-ring (bicyclic) bond motifs is 1. The Hall–Kier alpha value is -0.930. The van der Waals surface area contributed by atoms with Gasteiger partial charge in [-0.1, -0.05) is 18.5 Å². The molecule has 0 amide bonds. The van der Waals surface area contributed by atoms with Gasteiger partial charge >= 0.3 is 0 Å². The first kappa shape index (κ1) is 11.6. The third-order valence-electron chi connectivity index (χ3n) is 2.79. The van der Waals surface area contributed by atoms with Crippen LogP contribution in [0.2, 0.25) is 5.02 Å². The summed E-state index contributed by atoms with van der Waals surface area (Å²) in [6.45, 7) is 3.31. The van der Waals surface area contributed by atoms with E-state index in [-0.39, 0.29) is 6.04 Å². The minimum Gasteiger partial charge on any atom is -0.486 e. The molecule has 1 aliphatic heterocycles. The Morgan fingerprint density at radius 3 is 2.50 bits per heavy atom. The number of ether oxygens (including phenoxy) is 2. The van der Waals surface area contributed by atoms with Crippen molar-refractivity contribution in [2.45, 2.75) is 19.4 Å². The highest BCUT2D eigenvalue weighted by molar-refractivity contribution is 6.31. The van der Waals surface area contributed by atoms with Crippen molar-refractivity contribution in [1.29, 1.82) is 0 Å². The standard InChI is InChI=1S/C12H16ClNO2/c1-3-10(14-2)8-6-11-12(7-9(8)13)16-5-4-15-11/h6-7,10,14H,3-5H2,1-2H3. The molecule has 2 rings (SSSR count). The number of rotatable bonds is 3. The molecule has 1 heterocycles. The average Bonchev–Trinajstić information content (AvgIpc) is 2.31. The van der Waals surface area contributed by atoms with Crippen LogP contribution in [0.25, 0.3) is 0 Å². The van der Waals surface area contributed by atoms with Crippen LogP contribution in [0.1, 0.15) is 24.9 Å². The van der Waals surface area contributed by atoms with Gasteiger partial charge in [0.15, 0.2) is 11.5 Å². The van der Waals surface area contributed by atoms with Crippen LogP contribution in [-0.4, -0.2) is 20.3 Å². The van der Waals surface area contributed by atoms with Crippen LogP contribution in [0, 0.1) is 0 Å². The highest BCUT2D eigenvalue weighted by Crippen LogP contribution is 2.38. The van der Waals surface area contributed by atoms with Crippen LogP contribution in [-0.2, 0) is 0 Å². The Balaban J connectivity index is 2.38. The molecule has 1 aliphatic rings. The van der Waals surface area contributed by atoms with E-state index in [1.54, 1.807) is 0 Å². The van der Waals surface area contributed by atoms with Gasteiger partial charge in [-0.05, 0) is 25.1 Å². The van der Waals surface area contributed by atoms with E-state index in [4.69, 9.17) is 21.1 Å². The molecule has 1 aromatic rings. The topological polar surface area (TPSA) is 30.5 Å². The van der Waals surface area contributed by atoms with Crippen molar-refractivity contribution >= 4 is 11.6 Å². The maximum Gasteiger partial charge on any atom is 0.162 e. The van der Waals surface area contributed by atoms with Gasteiger partial charge in [-0.25, -0.2) is 0 Å². The predicted octanol–water partition coefficient (Wildman–Crippen LogP) is 2.78. The zero-order valence-electron chi connectivity index (χ0n) is 9.55. The van der Waals surface area contributed by atoms with Gasteiger partial charge in [-0.15, -0.1) is 0 Å². The number of hydrogen-bond acceptors (Lipinski definition) is 3. The zero-order chi connectivity index (χ0) is 11.5. The van der Waals surface area contributed by atoms with Crippen molar-refractivity contribution in [2.24, 2.45) is 0 Å². The van der Waals surface area contributed by atoms with Crippen LogP contribution >= 0.6 is 11.6 Å². The van der Waals surface area contributed by atoms with Crippen molar-refractivity contribution in [2.75, 3.05) is 20.3 Å². The van der Waals surface area contributed by atoms with E-state index in [1.807, 2.05) is 19.2 Å². The van der Waals surface area contributed by atoms with Crippen LogP contribution in [0.4, 0.5) is 0 Å². The summed E-state index contributed by atoms with van der Waals surface area (Å²) >= 11 is 6.24. The van der Waals surface area contributed by atoms with Gasteiger partial charge < -0.3 is 14.8 Å². The molecule has 16 heavy (non-hydrogen) atoms. The summed E-state index contributed by atoms with van der Waals surface area (Å²) < 4.78 is 11.0. The Labute approximate surface area is 101 Å². The van der Waals surface area contributed by atoms with Crippen LogP contribution in [0.15, 0.2) is 12.1 Å². The summed E-state index contributed by atoms with van der Waals surface area (Å²) in [4.78, 5) is 0. The third kappa shape index (κ3) is 2.11. The Morgan fingerprint density at radius 2 is 1.94 bits per heavy atom. The molecule has 0 saturated carbocycles. The monoisotopic (exact) mass is 241 g/mol. The fraction of sp³-hybridized carbons (Fsp3) is 0.500. The molecule has 0 spiro atoms. The highest BCUT2D eigenvalue weighted by Gasteiger charge is 2.18. The number of nitrogens with one attached hydrogen (secondary N) is 1. The molecule has 0 aromatic heterocycles. The maximum atomic E-state index is 6.24. The minimum absolute atomic E-state index is 0.253. The second-order valence-electron chi connectivity index (χ2n) is 3.77. The molecule has 1 atom stereocenters. The number of benzene rings is 1. The molecule has 0 saturated heterocycles. The lowest BCUT2D eigenvalue weighted by molar-refractivity contribution is 0.171. The van der Waals surface area contributed by atoms with E-state index < -0.39 is 0 Å². The van der Waals surface area contributed by atoms with Gasteiger partial charge in [0.2, 0.25) is 0 Å². The van der Waals surface area contributed by atoms with E-state index in [0.29, 0.717) is 13.2 Å². The fourth-order valence-electron chi connectivity index (χ4n) is 1.93. The smallest absolute Gasteiger partial charge is 0.162 e. The summed E-state index contributed by atoms with van der Waals surface area (Å²) in [6.07, 6.45) is 0.982. The SMILES string of the molecule is CCC(NC)c1cc2c(cc1Cl)OCCO2. The molecule has 4 heteroatoms. The lowest BCUT2D eigenvalue weighted by atomic mass is 10.0. The van der Waals surface area contributed by atoms with E-state index in [2.05, 4.69) is 12.2 Å². The minimum atomic E-state index is 0.253. The van der Waals surface area contributed by atoms with Crippen LogP contribution in [0.3, 0.4) is 0 Å². The van der Waals surface area contributed by atoms with Crippen molar-refractivity contribution < 1.29 is 9.47 Å². The van der Waals surface area contributed by atoms with Gasteiger partial charge in [0.1, 0.15) is 13.2 Å². The molecule has 0 radical (unpaired) electrons. The highest BCUT2D eigenvalue weighted by atomic mass is 35.5. The van der Waals surface area contributed by atoms with Gasteiger partial charge in [-0.3, -0.25) is 0 Å². The largest absolute Gasteiger partial charge is 0.486 e. The Morgan fingerprint density at radius 1 is 1.31 bits per heavy atom. The van der Waals surface area contributed by atoms with Gasteiger partial charge in [-0.2, -0.15) is 0 Å². The number of halogens is 1. The van der Waals surface area contributed by atoms with Crippen molar-refractivity contribution in [3.63, 3.8) is 0 Å². The van der Waals surface area contributed by atoms with E-state index >= 15 is 0 Å². The zero-order valence-corrected chi connectivity index (χ0v) is 10.3. The first-order valence-corrected chi connectivity index (χ1v) is 5.90. The van der Waals surface area contributed by atoms with Gasteiger partial charge in [0, 0.05) is 17.1 Å². The van der Waals surface area contributed by atoms with E-state index in [0.717, 1.165) is 28.5 Å². The quantitative estimate of drug-likeness (QED) is 0.883. The Bertz CT molecular complexity index is 378. The maximum absolute atomic E-state index is 6.24. The lowest BCUT2D eigenvalue weighted by Crippen LogP contribution is -2.18. The molecule has 88 valence electrons. The second-order valence-corrected chi connectivity index (χ2v) is 4.17. The predicted molar refractivity (Wildman–Crippen MR) is 64.5 cm³/mol. The van der Waals surface area contributed by atoms with E-state index in [9.17, 15) is 0 Å². The van der Waals surface area contributed by atoms with Crippen molar-refractivity contribution in [3.05, 3.63) is 22.7 Å². The molecular weight excluding hydrogens is 226 g/mol. The summed E-state index contributed by atoms with van der Waals surface area (Å²) in [5.74, 6) is 1.53. The normalized spacial score (nSPS) is 15.9. The van der Waals surface area contributed by atoms with E-state index in [1.165, 1.54) is 0 Å². The first-order valence-electron chi connectivity index (χ1n) is 5.52. The van der Waals surface area contributed by atoms with Crippen molar-refractivity contribution in [3.8, 4) is 11.5 Å². The number of hydrogen-bond donors (Lipinski definition) is 1.